The summed E-state index contributed by atoms with van der Waals surface area (Å²) >= 11 is 1.55. The second-order valence-electron chi connectivity index (χ2n) is 3.03. The number of nitrogens with zero attached hydrogens (tertiary/aromatic N) is 3. The molecule has 2 aromatic rings. The molecule has 2 aromatic heterocycles. The lowest BCUT2D eigenvalue weighted by atomic mass is 10.4. The maximum absolute atomic E-state index is 4.25. The average Bonchev–Trinajstić information content (AvgIpc) is 2.49. The number of aromatic nitrogens is 3. The molecule has 68 valence electrons. The Hall–Kier alpha value is -1.23. The van der Waals surface area contributed by atoms with Gasteiger partial charge in [0.25, 0.3) is 0 Å². The van der Waals surface area contributed by atoms with Crippen LogP contribution in [-0.4, -0.2) is 21.0 Å². The molecule has 0 saturated carbocycles. The van der Waals surface area contributed by atoms with Crippen molar-refractivity contribution in [2.24, 2.45) is 0 Å². The van der Waals surface area contributed by atoms with E-state index in [1.807, 2.05) is 0 Å². The number of thiazole rings is 1. The predicted octanol–water partition coefficient (Wildman–Crippen LogP) is 1.91. The Morgan fingerprint density at radius 1 is 1.38 bits per heavy atom. The van der Waals surface area contributed by atoms with Crippen molar-refractivity contribution >= 4 is 27.6 Å². The Morgan fingerprint density at radius 2 is 2.23 bits per heavy atom. The average molecular weight is 194 g/mol. The normalized spacial score (nSPS) is 11.0. The van der Waals surface area contributed by atoms with Gasteiger partial charge in [0.2, 0.25) is 5.95 Å². The third-order valence-electron chi connectivity index (χ3n) is 1.51. The Morgan fingerprint density at radius 3 is 3.00 bits per heavy atom. The Balaban J connectivity index is 2.37. The van der Waals surface area contributed by atoms with Gasteiger partial charge in [-0.2, -0.15) is 4.98 Å². The van der Waals surface area contributed by atoms with Gasteiger partial charge in [0, 0.05) is 6.04 Å². The lowest BCUT2D eigenvalue weighted by Crippen LogP contribution is -2.12. The van der Waals surface area contributed by atoms with Crippen LogP contribution >= 0.6 is 11.3 Å². The van der Waals surface area contributed by atoms with Gasteiger partial charge in [-0.1, -0.05) is 0 Å². The third kappa shape index (κ3) is 1.75. The second-order valence-corrected chi connectivity index (χ2v) is 3.92. The first-order valence-corrected chi connectivity index (χ1v) is 4.96. The SMILES string of the molecule is CC(C)Nc1ncc2scnc2n1. The number of hydrogen-bond acceptors (Lipinski definition) is 5. The van der Waals surface area contributed by atoms with Crippen LogP contribution in [0.1, 0.15) is 13.8 Å². The van der Waals surface area contributed by atoms with E-state index in [-0.39, 0.29) is 0 Å². The maximum Gasteiger partial charge on any atom is 0.224 e. The monoisotopic (exact) mass is 194 g/mol. The van der Waals surface area contributed by atoms with Crippen molar-refractivity contribution in [2.75, 3.05) is 5.32 Å². The molecule has 0 radical (unpaired) electrons. The zero-order valence-electron chi connectivity index (χ0n) is 7.48. The van der Waals surface area contributed by atoms with Gasteiger partial charge >= 0.3 is 0 Å². The molecular weight excluding hydrogens is 184 g/mol. The molecule has 13 heavy (non-hydrogen) atoms. The molecule has 0 bridgehead atoms. The number of fused-ring (bicyclic) bond motifs is 1. The molecule has 2 heterocycles. The first kappa shape index (κ1) is 8.37. The molecule has 5 heteroatoms. The van der Waals surface area contributed by atoms with Crippen LogP contribution in [0.3, 0.4) is 0 Å². The predicted molar refractivity (Wildman–Crippen MR) is 54.0 cm³/mol. The van der Waals surface area contributed by atoms with E-state index >= 15 is 0 Å². The van der Waals surface area contributed by atoms with Crippen molar-refractivity contribution in [3.63, 3.8) is 0 Å². The van der Waals surface area contributed by atoms with Crippen molar-refractivity contribution in [3.8, 4) is 0 Å². The highest BCUT2D eigenvalue weighted by Gasteiger charge is 2.02. The fourth-order valence-corrected chi connectivity index (χ4v) is 1.58. The van der Waals surface area contributed by atoms with E-state index in [1.165, 1.54) is 0 Å². The van der Waals surface area contributed by atoms with Crippen LogP contribution in [0.4, 0.5) is 5.95 Å². The highest BCUT2D eigenvalue weighted by atomic mass is 32.1. The van der Waals surface area contributed by atoms with Crippen LogP contribution in [0.15, 0.2) is 11.7 Å². The minimum Gasteiger partial charge on any atom is -0.352 e. The molecule has 0 aliphatic heterocycles. The van der Waals surface area contributed by atoms with Crippen LogP contribution in [0, 0.1) is 0 Å². The van der Waals surface area contributed by atoms with Crippen molar-refractivity contribution < 1.29 is 0 Å². The molecule has 0 amide bonds. The van der Waals surface area contributed by atoms with E-state index in [1.54, 1.807) is 23.0 Å². The van der Waals surface area contributed by atoms with E-state index in [9.17, 15) is 0 Å². The Kier molecular flexibility index (Phi) is 2.10. The standard InChI is InChI=1S/C8H10N4S/c1-5(2)11-8-9-3-6-7(12-8)10-4-13-6/h3-5H,1-2H3,(H,9,11,12). The topological polar surface area (TPSA) is 50.7 Å². The van der Waals surface area contributed by atoms with Crippen molar-refractivity contribution in [1.82, 2.24) is 15.0 Å². The first-order chi connectivity index (χ1) is 6.25. The fraction of sp³-hybridized carbons (Fsp3) is 0.375. The highest BCUT2D eigenvalue weighted by molar-refractivity contribution is 7.16. The Labute approximate surface area is 80.1 Å². The maximum atomic E-state index is 4.25. The molecule has 4 nitrogen and oxygen atoms in total. The van der Waals surface area contributed by atoms with E-state index in [0.717, 1.165) is 10.3 Å². The molecule has 0 atom stereocenters. The minimum atomic E-state index is 0.344. The summed E-state index contributed by atoms with van der Waals surface area (Å²) in [4.78, 5) is 12.5. The van der Waals surface area contributed by atoms with E-state index in [0.29, 0.717) is 12.0 Å². The van der Waals surface area contributed by atoms with Crippen molar-refractivity contribution in [3.05, 3.63) is 11.7 Å². The number of hydrogen-bond donors (Lipinski definition) is 1. The summed E-state index contributed by atoms with van der Waals surface area (Å²) in [5.41, 5.74) is 2.54. The zero-order valence-corrected chi connectivity index (χ0v) is 8.30. The highest BCUT2D eigenvalue weighted by Crippen LogP contribution is 2.15. The molecule has 2 rings (SSSR count). The van der Waals surface area contributed by atoms with Crippen molar-refractivity contribution in [1.29, 1.82) is 0 Å². The largest absolute Gasteiger partial charge is 0.352 e. The molecule has 0 saturated heterocycles. The van der Waals surface area contributed by atoms with Gasteiger partial charge in [0.05, 0.1) is 16.4 Å². The lowest BCUT2D eigenvalue weighted by molar-refractivity contribution is 0.877. The summed E-state index contributed by atoms with van der Waals surface area (Å²) in [6, 6.07) is 0.344. The third-order valence-corrected chi connectivity index (χ3v) is 2.26. The van der Waals surface area contributed by atoms with Crippen molar-refractivity contribution in [2.45, 2.75) is 19.9 Å². The molecule has 0 aliphatic rings. The van der Waals surface area contributed by atoms with Crippen LogP contribution < -0.4 is 5.32 Å². The zero-order chi connectivity index (χ0) is 9.26. The van der Waals surface area contributed by atoms with E-state index in [4.69, 9.17) is 0 Å². The number of nitrogens with one attached hydrogen (secondary N) is 1. The van der Waals surface area contributed by atoms with Gasteiger partial charge in [-0.25, -0.2) is 9.97 Å². The first-order valence-electron chi connectivity index (χ1n) is 4.08. The summed E-state index contributed by atoms with van der Waals surface area (Å²) in [6.45, 7) is 4.10. The molecule has 0 aromatic carbocycles. The fourth-order valence-electron chi connectivity index (χ4n) is 0.998. The van der Waals surface area contributed by atoms with E-state index < -0.39 is 0 Å². The molecule has 1 N–H and O–H groups in total. The smallest absolute Gasteiger partial charge is 0.224 e. The molecule has 0 fully saturated rings. The van der Waals surface area contributed by atoms with Crippen LogP contribution in [0.25, 0.3) is 10.3 Å². The summed E-state index contributed by atoms with van der Waals surface area (Å²) in [5.74, 6) is 0.647. The Bertz CT molecular complexity index is 409. The quantitative estimate of drug-likeness (QED) is 0.793. The molecular formula is C8H10N4S. The van der Waals surface area contributed by atoms with Crippen LogP contribution in [-0.2, 0) is 0 Å². The summed E-state index contributed by atoms with van der Waals surface area (Å²) < 4.78 is 1.02. The van der Waals surface area contributed by atoms with Gasteiger partial charge in [-0.05, 0) is 13.8 Å². The van der Waals surface area contributed by atoms with E-state index in [2.05, 4.69) is 34.1 Å². The van der Waals surface area contributed by atoms with Gasteiger partial charge in [-0.15, -0.1) is 11.3 Å². The van der Waals surface area contributed by atoms with Crippen LogP contribution in [0.2, 0.25) is 0 Å². The summed E-state index contributed by atoms with van der Waals surface area (Å²) in [7, 11) is 0. The van der Waals surface area contributed by atoms with Gasteiger partial charge in [-0.3, -0.25) is 0 Å². The molecule has 0 spiro atoms. The van der Waals surface area contributed by atoms with Gasteiger partial charge in [0.15, 0.2) is 5.65 Å². The lowest BCUT2D eigenvalue weighted by Gasteiger charge is -2.06. The minimum absolute atomic E-state index is 0.344. The summed E-state index contributed by atoms with van der Waals surface area (Å²) in [5, 5.41) is 3.13. The number of anilines is 1. The van der Waals surface area contributed by atoms with Crippen LogP contribution in [0.5, 0.6) is 0 Å². The number of rotatable bonds is 2. The second kappa shape index (κ2) is 3.26. The van der Waals surface area contributed by atoms with Gasteiger partial charge < -0.3 is 5.32 Å². The molecule has 0 unspecified atom stereocenters. The molecule has 0 aliphatic carbocycles. The summed E-state index contributed by atoms with van der Waals surface area (Å²) in [6.07, 6.45) is 1.80. The van der Waals surface area contributed by atoms with Gasteiger partial charge in [0.1, 0.15) is 0 Å².